The van der Waals surface area contributed by atoms with E-state index in [4.69, 9.17) is 16.3 Å². The number of nitrogens with zero attached hydrogens (tertiary/aromatic N) is 2. The van der Waals surface area contributed by atoms with Gasteiger partial charge < -0.3 is 15.4 Å². The first kappa shape index (κ1) is 20.5. The average Bonchev–Trinajstić information content (AvgIpc) is 2.46. The minimum atomic E-state index is -4.59. The van der Waals surface area contributed by atoms with Crippen molar-refractivity contribution >= 4 is 23.5 Å². The van der Waals surface area contributed by atoms with E-state index in [9.17, 15) is 18.0 Å². The van der Waals surface area contributed by atoms with Gasteiger partial charge in [-0.1, -0.05) is 0 Å². The Morgan fingerprint density at radius 1 is 1.15 bits per heavy atom. The molecule has 0 spiro atoms. The fourth-order valence-electron chi connectivity index (χ4n) is 2.70. The normalized spacial score (nSPS) is 21.2. The summed E-state index contributed by atoms with van der Waals surface area (Å²) in [5.41, 5.74) is -1.65. The molecule has 0 aliphatic heterocycles. The number of ether oxygens (including phenoxy) is 1. The van der Waals surface area contributed by atoms with Gasteiger partial charge in [0.05, 0.1) is 0 Å². The number of hydrogen-bond acceptors (Lipinski definition) is 5. The summed E-state index contributed by atoms with van der Waals surface area (Å²) in [6.07, 6.45) is -2.35. The van der Waals surface area contributed by atoms with Crippen LogP contribution >= 0.6 is 11.6 Å². The second-order valence-corrected chi connectivity index (χ2v) is 7.58. The third kappa shape index (κ3) is 6.51. The molecule has 0 aromatic carbocycles. The number of nitrogens with one attached hydrogen (secondary N) is 2. The molecule has 0 unspecified atom stereocenters. The summed E-state index contributed by atoms with van der Waals surface area (Å²) in [5.74, 6) is 0.0425. The molecule has 0 saturated heterocycles. The molecule has 10 heteroatoms. The van der Waals surface area contributed by atoms with Crippen LogP contribution < -0.4 is 10.6 Å². The molecule has 1 aromatic rings. The molecule has 2 rings (SSSR count). The standard InChI is InChI=1S/C16H22ClF3N4O2/c1-15(2,3)26-14(25)22-10-6-4-9(5-7-10)21-12-8-11(16(18,19)20)23-13(17)24-12/h8-10H,4-7H2,1-3H3,(H,22,25)(H,21,23,24). The van der Waals surface area contributed by atoms with Crippen LogP contribution in [0.15, 0.2) is 6.07 Å². The number of anilines is 1. The van der Waals surface area contributed by atoms with Gasteiger partial charge in [-0.25, -0.2) is 14.8 Å². The summed E-state index contributed by atoms with van der Waals surface area (Å²) >= 11 is 5.58. The average molecular weight is 395 g/mol. The molecule has 6 nitrogen and oxygen atoms in total. The summed E-state index contributed by atoms with van der Waals surface area (Å²) < 4.78 is 43.6. The molecular weight excluding hydrogens is 373 g/mol. The Hall–Kier alpha value is -1.77. The van der Waals surface area contributed by atoms with E-state index >= 15 is 0 Å². The Labute approximate surface area is 154 Å². The van der Waals surface area contributed by atoms with Crippen LogP contribution in [0.2, 0.25) is 5.28 Å². The molecule has 1 aromatic heterocycles. The minimum Gasteiger partial charge on any atom is -0.444 e. The molecule has 0 radical (unpaired) electrons. The zero-order chi connectivity index (χ0) is 19.5. The lowest BCUT2D eigenvalue weighted by molar-refractivity contribution is -0.141. The number of amides is 1. The van der Waals surface area contributed by atoms with Crippen LogP contribution in [0.4, 0.5) is 23.8 Å². The van der Waals surface area contributed by atoms with E-state index in [-0.39, 0.29) is 17.9 Å². The Kier molecular flexibility index (Phi) is 6.21. The summed E-state index contributed by atoms with van der Waals surface area (Å²) in [6.45, 7) is 5.36. The van der Waals surface area contributed by atoms with Crippen molar-refractivity contribution in [2.45, 2.75) is 70.3 Å². The third-order valence-corrected chi connectivity index (χ3v) is 3.96. The predicted octanol–water partition coefficient (Wildman–Crippen LogP) is 4.40. The van der Waals surface area contributed by atoms with Gasteiger partial charge in [-0.2, -0.15) is 13.2 Å². The lowest BCUT2D eigenvalue weighted by Crippen LogP contribution is -2.42. The van der Waals surface area contributed by atoms with Gasteiger partial charge >= 0.3 is 12.3 Å². The molecule has 146 valence electrons. The zero-order valence-corrected chi connectivity index (χ0v) is 15.5. The summed E-state index contributed by atoms with van der Waals surface area (Å²) in [7, 11) is 0. The van der Waals surface area contributed by atoms with E-state index in [1.165, 1.54) is 0 Å². The molecule has 1 saturated carbocycles. The molecule has 1 aliphatic rings. The van der Waals surface area contributed by atoms with Crippen molar-refractivity contribution in [3.8, 4) is 0 Å². The highest BCUT2D eigenvalue weighted by molar-refractivity contribution is 6.28. The lowest BCUT2D eigenvalue weighted by atomic mass is 9.91. The van der Waals surface area contributed by atoms with Gasteiger partial charge in [-0.3, -0.25) is 0 Å². The third-order valence-electron chi connectivity index (χ3n) is 3.79. The van der Waals surface area contributed by atoms with Crippen molar-refractivity contribution in [2.24, 2.45) is 0 Å². The van der Waals surface area contributed by atoms with Gasteiger partial charge in [-0.15, -0.1) is 0 Å². The van der Waals surface area contributed by atoms with Crippen LogP contribution in [-0.2, 0) is 10.9 Å². The van der Waals surface area contributed by atoms with Crippen molar-refractivity contribution in [3.05, 3.63) is 17.0 Å². The fourth-order valence-corrected chi connectivity index (χ4v) is 2.88. The van der Waals surface area contributed by atoms with Gasteiger partial charge in [0.25, 0.3) is 0 Å². The fraction of sp³-hybridized carbons (Fsp3) is 0.688. The van der Waals surface area contributed by atoms with Crippen molar-refractivity contribution in [1.82, 2.24) is 15.3 Å². The number of hydrogen-bond donors (Lipinski definition) is 2. The molecule has 2 N–H and O–H groups in total. The largest absolute Gasteiger partial charge is 0.444 e. The highest BCUT2D eigenvalue weighted by Crippen LogP contribution is 2.30. The Morgan fingerprint density at radius 3 is 2.27 bits per heavy atom. The van der Waals surface area contributed by atoms with Crippen molar-refractivity contribution in [3.63, 3.8) is 0 Å². The van der Waals surface area contributed by atoms with Crippen LogP contribution in [0.25, 0.3) is 0 Å². The maximum absolute atomic E-state index is 12.8. The van der Waals surface area contributed by atoms with Crippen LogP contribution in [0, 0.1) is 0 Å². The van der Waals surface area contributed by atoms with Gasteiger partial charge in [0.2, 0.25) is 5.28 Å². The van der Waals surface area contributed by atoms with E-state index in [1.807, 2.05) is 0 Å². The van der Waals surface area contributed by atoms with E-state index in [1.54, 1.807) is 20.8 Å². The molecule has 1 aliphatic carbocycles. The number of alkyl carbamates (subject to hydrolysis) is 1. The number of carbonyl (C=O) groups is 1. The Morgan fingerprint density at radius 2 is 1.73 bits per heavy atom. The molecular formula is C16H22ClF3N4O2. The van der Waals surface area contributed by atoms with E-state index < -0.39 is 28.8 Å². The Balaban J connectivity index is 1.87. The number of halogens is 4. The molecule has 0 bridgehead atoms. The second kappa shape index (κ2) is 7.85. The highest BCUT2D eigenvalue weighted by Gasteiger charge is 2.34. The van der Waals surface area contributed by atoms with Gasteiger partial charge in [0.1, 0.15) is 11.4 Å². The maximum atomic E-state index is 12.8. The first-order valence-electron chi connectivity index (χ1n) is 8.30. The van der Waals surface area contributed by atoms with Gasteiger partial charge in [0.15, 0.2) is 5.69 Å². The molecule has 1 heterocycles. The number of carbonyl (C=O) groups excluding carboxylic acids is 1. The summed E-state index contributed by atoms with van der Waals surface area (Å²) in [6, 6.07) is 0.762. The van der Waals surface area contributed by atoms with Crippen molar-refractivity contribution in [1.29, 1.82) is 0 Å². The van der Waals surface area contributed by atoms with Crippen molar-refractivity contribution in [2.75, 3.05) is 5.32 Å². The second-order valence-electron chi connectivity index (χ2n) is 7.24. The summed E-state index contributed by atoms with van der Waals surface area (Å²) in [5, 5.41) is 5.32. The van der Waals surface area contributed by atoms with Gasteiger partial charge in [-0.05, 0) is 58.1 Å². The minimum absolute atomic E-state index is 0.0253. The van der Waals surface area contributed by atoms with Crippen molar-refractivity contribution < 1.29 is 22.7 Å². The molecule has 0 atom stereocenters. The van der Waals surface area contributed by atoms with Crippen LogP contribution in [0.5, 0.6) is 0 Å². The van der Waals surface area contributed by atoms with Crippen LogP contribution in [0.3, 0.4) is 0 Å². The lowest BCUT2D eigenvalue weighted by Gasteiger charge is -2.30. The Bertz CT molecular complexity index is 641. The number of aromatic nitrogens is 2. The van der Waals surface area contributed by atoms with E-state index in [2.05, 4.69) is 20.6 Å². The monoisotopic (exact) mass is 394 g/mol. The smallest absolute Gasteiger partial charge is 0.433 e. The molecule has 1 amide bonds. The summed E-state index contributed by atoms with van der Waals surface area (Å²) in [4.78, 5) is 18.8. The quantitative estimate of drug-likeness (QED) is 0.743. The van der Waals surface area contributed by atoms with E-state index in [0.29, 0.717) is 25.7 Å². The topological polar surface area (TPSA) is 76.1 Å². The molecule has 26 heavy (non-hydrogen) atoms. The number of alkyl halides is 3. The SMILES string of the molecule is CC(C)(C)OC(=O)NC1CCC(Nc2cc(C(F)(F)F)nc(Cl)n2)CC1. The van der Waals surface area contributed by atoms with Crippen LogP contribution in [0.1, 0.15) is 52.1 Å². The first-order chi connectivity index (χ1) is 11.9. The molecule has 1 fully saturated rings. The van der Waals surface area contributed by atoms with Crippen LogP contribution in [-0.4, -0.2) is 33.7 Å². The highest BCUT2D eigenvalue weighted by atomic mass is 35.5. The van der Waals surface area contributed by atoms with Gasteiger partial charge in [0, 0.05) is 18.2 Å². The number of rotatable bonds is 3. The first-order valence-corrected chi connectivity index (χ1v) is 8.68. The predicted molar refractivity (Wildman–Crippen MR) is 91.1 cm³/mol. The maximum Gasteiger partial charge on any atom is 0.433 e. The zero-order valence-electron chi connectivity index (χ0n) is 14.8. The van der Waals surface area contributed by atoms with E-state index in [0.717, 1.165) is 6.07 Å².